The van der Waals surface area contributed by atoms with Gasteiger partial charge in [0, 0.05) is 31.2 Å². The van der Waals surface area contributed by atoms with E-state index in [0.717, 1.165) is 56.7 Å². The van der Waals surface area contributed by atoms with Crippen LogP contribution < -0.4 is 43.6 Å². The van der Waals surface area contributed by atoms with Gasteiger partial charge in [0.05, 0.1) is 32.2 Å². The van der Waals surface area contributed by atoms with Gasteiger partial charge in [0.15, 0.2) is 17.3 Å². The van der Waals surface area contributed by atoms with E-state index in [1.165, 1.54) is 19.4 Å². The standard InChI is InChI=1S/C45H59N15O8/c1-4-5-20-67-43-53-37(48)36-39(54-43)60(44(65)52-36)23-29-8-6-28(7-9-29)22-57-16-14-31(15-17-57)38-56-55-35-24-58(18-19-59(35)38)45(66)68-25-30-10-12-32(13-11-30)50-42(64)33(21-34(47)61)51-41(63)27(3)49-40(62)26(2)46/h6-13,26-27,31,33H,4-5,14-25,46H2,1-3H3,(H2,47,61)(H,49,62)(H,50,64)(H,51,63)(H,52,65)(H2,48,53,54)/t26-,27-,33-/m0/s1. The molecule has 2 aromatic carbocycles. The lowest BCUT2D eigenvalue weighted by Gasteiger charge is -2.33. The van der Waals surface area contributed by atoms with Crippen molar-refractivity contribution in [1.82, 2.24) is 54.7 Å². The molecule has 362 valence electrons. The van der Waals surface area contributed by atoms with Crippen molar-refractivity contribution in [2.75, 3.05) is 37.3 Å². The fourth-order valence-electron chi connectivity index (χ4n) is 8.00. The highest BCUT2D eigenvalue weighted by Gasteiger charge is 2.31. The van der Waals surface area contributed by atoms with Crippen LogP contribution in [-0.2, 0) is 56.7 Å². The summed E-state index contributed by atoms with van der Waals surface area (Å²) in [6.07, 6.45) is 2.69. The quantitative estimate of drug-likeness (QED) is 0.0573. The molecule has 0 unspecified atom stereocenters. The first kappa shape index (κ1) is 48.5. The maximum absolute atomic E-state index is 13.1. The van der Waals surface area contributed by atoms with Gasteiger partial charge < -0.3 is 52.2 Å². The molecule has 3 aromatic heterocycles. The summed E-state index contributed by atoms with van der Waals surface area (Å²) in [5.74, 6) is -0.725. The molecule has 0 radical (unpaired) electrons. The van der Waals surface area contributed by atoms with Crippen molar-refractivity contribution in [1.29, 1.82) is 0 Å². The first-order valence-corrected chi connectivity index (χ1v) is 22.7. The van der Waals surface area contributed by atoms with Gasteiger partial charge in [-0.1, -0.05) is 49.7 Å². The number of rotatable bonds is 19. The van der Waals surface area contributed by atoms with E-state index < -0.39 is 54.3 Å². The zero-order chi connectivity index (χ0) is 48.5. The number of fused-ring (bicyclic) bond motifs is 2. The van der Waals surface area contributed by atoms with Crippen LogP contribution in [0.4, 0.5) is 16.3 Å². The van der Waals surface area contributed by atoms with E-state index in [4.69, 9.17) is 26.7 Å². The molecule has 1 saturated heterocycles. The maximum atomic E-state index is 13.1. The van der Waals surface area contributed by atoms with Gasteiger partial charge in [-0.25, -0.2) is 9.59 Å². The molecule has 23 nitrogen and oxygen atoms in total. The number of benzene rings is 2. The van der Waals surface area contributed by atoms with Crippen molar-refractivity contribution in [2.45, 2.75) is 110 Å². The van der Waals surface area contributed by atoms with E-state index in [2.05, 4.69) is 69.6 Å². The molecule has 5 heterocycles. The number of aromatic amines is 1. The number of likely N-dealkylation sites (tertiary alicyclic amines) is 1. The number of hydrogen-bond acceptors (Lipinski definition) is 15. The van der Waals surface area contributed by atoms with Gasteiger partial charge in [0.1, 0.15) is 30.0 Å². The van der Waals surface area contributed by atoms with Crippen LogP contribution in [0.15, 0.2) is 53.3 Å². The summed E-state index contributed by atoms with van der Waals surface area (Å²) in [7, 11) is 0. The second-order valence-corrected chi connectivity index (χ2v) is 17.2. The van der Waals surface area contributed by atoms with Gasteiger partial charge in [-0.3, -0.25) is 33.5 Å². The number of ether oxygens (including phenoxy) is 2. The predicted octanol–water partition coefficient (Wildman–Crippen LogP) is 1.20. The molecule has 0 bridgehead atoms. The fourth-order valence-corrected chi connectivity index (χ4v) is 8.00. The predicted molar refractivity (Wildman–Crippen MR) is 248 cm³/mol. The Morgan fingerprint density at radius 3 is 2.24 bits per heavy atom. The Labute approximate surface area is 391 Å². The maximum Gasteiger partial charge on any atom is 0.410 e. The Kier molecular flexibility index (Phi) is 15.7. The minimum absolute atomic E-state index is 0.0239. The van der Waals surface area contributed by atoms with Crippen molar-refractivity contribution < 1.29 is 33.4 Å². The van der Waals surface area contributed by atoms with Gasteiger partial charge in [0.25, 0.3) is 0 Å². The number of unbranched alkanes of at least 4 members (excludes halogenated alkanes) is 1. The van der Waals surface area contributed by atoms with E-state index in [1.54, 1.807) is 33.7 Å². The Morgan fingerprint density at radius 2 is 1.56 bits per heavy atom. The highest BCUT2D eigenvalue weighted by Crippen LogP contribution is 2.30. The molecule has 10 N–H and O–H groups in total. The number of nitrogen functional groups attached to an aromatic ring is 1. The van der Waals surface area contributed by atoms with Crippen LogP contribution >= 0.6 is 0 Å². The summed E-state index contributed by atoms with van der Waals surface area (Å²) >= 11 is 0. The molecule has 0 saturated carbocycles. The number of H-pyrrole nitrogens is 1. The van der Waals surface area contributed by atoms with Crippen LogP contribution in [0.1, 0.15) is 87.1 Å². The summed E-state index contributed by atoms with van der Waals surface area (Å²) in [6.45, 7) is 9.50. The van der Waals surface area contributed by atoms with Crippen molar-refractivity contribution in [3.8, 4) is 6.01 Å². The fraction of sp³-hybridized carbons (Fsp3) is 0.467. The average molecular weight is 938 g/mol. The van der Waals surface area contributed by atoms with Crippen LogP contribution in [0.5, 0.6) is 6.01 Å². The second-order valence-electron chi connectivity index (χ2n) is 17.2. The molecule has 5 aromatic rings. The molecule has 0 aliphatic carbocycles. The molecule has 0 spiro atoms. The Hall–Kier alpha value is -7.40. The lowest BCUT2D eigenvalue weighted by molar-refractivity contribution is -0.131. The summed E-state index contributed by atoms with van der Waals surface area (Å²) in [5, 5.41) is 16.5. The third kappa shape index (κ3) is 12.1. The smallest absolute Gasteiger partial charge is 0.410 e. The number of piperidine rings is 1. The van der Waals surface area contributed by atoms with E-state index in [1.807, 2.05) is 12.1 Å². The highest BCUT2D eigenvalue weighted by atomic mass is 16.6. The molecule has 1 fully saturated rings. The largest absolute Gasteiger partial charge is 0.463 e. The van der Waals surface area contributed by atoms with E-state index in [0.29, 0.717) is 54.5 Å². The van der Waals surface area contributed by atoms with Crippen molar-refractivity contribution in [3.63, 3.8) is 0 Å². The van der Waals surface area contributed by atoms with Gasteiger partial charge >= 0.3 is 17.8 Å². The molecule has 7 rings (SSSR count). The topological polar surface area (TPSA) is 319 Å². The van der Waals surface area contributed by atoms with Crippen LogP contribution in [0.25, 0.3) is 11.2 Å². The molecule has 2 aliphatic rings. The molecule has 5 amide bonds. The SMILES string of the molecule is CCCCOc1nc(N)c2[nH]c(=O)n(Cc3ccc(CN4CCC(c5nnc6n5CCN(C(=O)OCc5ccc(NC(=O)[C@H](CC(N)=O)NC(=O)[C@H](C)NC(=O)[C@H](C)N)cc5)C6)CC4)cc3)c2n1. The number of primary amides is 1. The zero-order valence-electron chi connectivity index (χ0n) is 38.4. The average Bonchev–Trinajstić information content (AvgIpc) is 3.89. The number of carbonyl (C=O) groups excluding carboxylic acids is 5. The summed E-state index contributed by atoms with van der Waals surface area (Å²) in [4.78, 5) is 90.7. The number of carbonyl (C=O) groups is 5. The van der Waals surface area contributed by atoms with Gasteiger partial charge in [0.2, 0.25) is 23.6 Å². The molecule has 3 atom stereocenters. The number of amides is 5. The Balaban J connectivity index is 0.848. The van der Waals surface area contributed by atoms with Crippen molar-refractivity contribution in [2.24, 2.45) is 11.5 Å². The molecular formula is C45H59N15O8. The monoisotopic (exact) mass is 937 g/mol. The Morgan fingerprint density at radius 1 is 0.868 bits per heavy atom. The Bertz CT molecular complexity index is 2650. The van der Waals surface area contributed by atoms with Crippen molar-refractivity contribution in [3.05, 3.63) is 87.4 Å². The summed E-state index contributed by atoms with van der Waals surface area (Å²) in [5.41, 5.74) is 20.6. The normalized spacial score (nSPS) is 15.5. The van der Waals surface area contributed by atoms with Crippen LogP contribution in [0.3, 0.4) is 0 Å². The number of nitrogens with zero attached hydrogens (tertiary/aromatic N) is 8. The molecule has 2 aliphatic heterocycles. The third-order valence-electron chi connectivity index (χ3n) is 11.9. The second kappa shape index (κ2) is 21.9. The van der Waals surface area contributed by atoms with E-state index >= 15 is 0 Å². The first-order chi connectivity index (χ1) is 32.6. The third-order valence-corrected chi connectivity index (χ3v) is 11.9. The minimum Gasteiger partial charge on any atom is -0.463 e. The van der Waals surface area contributed by atoms with Gasteiger partial charge in [-0.2, -0.15) is 9.97 Å². The summed E-state index contributed by atoms with van der Waals surface area (Å²) < 4.78 is 15.0. The molecule has 23 heteroatoms. The summed E-state index contributed by atoms with van der Waals surface area (Å²) in [6, 6.07) is 11.7. The van der Waals surface area contributed by atoms with Crippen LogP contribution in [0.2, 0.25) is 0 Å². The number of hydrogen-bond donors (Lipinski definition) is 7. The number of nitrogens with two attached hydrogens (primary N) is 3. The number of anilines is 2. The number of nitrogens with one attached hydrogen (secondary N) is 4. The zero-order valence-corrected chi connectivity index (χ0v) is 38.4. The lowest BCUT2D eigenvalue weighted by atomic mass is 9.95. The van der Waals surface area contributed by atoms with Crippen LogP contribution in [-0.4, -0.2) is 118 Å². The van der Waals surface area contributed by atoms with Gasteiger partial charge in [-0.15, -0.1) is 10.2 Å². The molecule has 68 heavy (non-hydrogen) atoms. The first-order valence-electron chi connectivity index (χ1n) is 22.7. The van der Waals surface area contributed by atoms with Gasteiger partial charge in [-0.05, 0) is 75.0 Å². The van der Waals surface area contributed by atoms with E-state index in [9.17, 15) is 28.8 Å². The van der Waals surface area contributed by atoms with E-state index in [-0.39, 0.29) is 36.6 Å². The number of aromatic nitrogens is 7. The molecular weight excluding hydrogens is 879 g/mol. The lowest BCUT2D eigenvalue weighted by Crippen LogP contribution is -2.54. The number of imidazole rings is 1. The van der Waals surface area contributed by atoms with Crippen molar-refractivity contribution >= 4 is 52.4 Å². The highest BCUT2D eigenvalue weighted by molar-refractivity contribution is 6.00. The minimum atomic E-state index is -1.30. The van der Waals surface area contributed by atoms with Crippen LogP contribution in [0, 0.1) is 0 Å².